The summed E-state index contributed by atoms with van der Waals surface area (Å²) in [5.41, 5.74) is 2.81. The van der Waals surface area contributed by atoms with Gasteiger partial charge in [-0.3, -0.25) is 4.79 Å². The minimum absolute atomic E-state index is 0.0210. The molecule has 5 rings (SSSR count). The summed E-state index contributed by atoms with van der Waals surface area (Å²) in [6, 6.07) is 16.5. The van der Waals surface area contributed by atoms with Crippen LogP contribution < -0.4 is 0 Å². The number of halogens is 1. The fourth-order valence-electron chi connectivity index (χ4n) is 5.48. The van der Waals surface area contributed by atoms with Crippen molar-refractivity contribution in [3.63, 3.8) is 0 Å². The Morgan fingerprint density at radius 2 is 1.53 bits per heavy atom. The summed E-state index contributed by atoms with van der Waals surface area (Å²) in [6.45, 7) is 7.99. The van der Waals surface area contributed by atoms with Crippen LogP contribution in [0.1, 0.15) is 73.5 Å². The zero-order valence-corrected chi connectivity index (χ0v) is 22.3. The van der Waals surface area contributed by atoms with Crippen LogP contribution in [-0.2, 0) is 4.74 Å². The first-order valence-corrected chi connectivity index (χ1v) is 13.4. The van der Waals surface area contributed by atoms with Crippen molar-refractivity contribution >= 4 is 12.0 Å². The van der Waals surface area contributed by atoms with E-state index in [9.17, 15) is 14.0 Å². The van der Waals surface area contributed by atoms with Crippen LogP contribution in [0.2, 0.25) is 0 Å². The normalized spacial score (nSPS) is 18.6. The lowest BCUT2D eigenvalue weighted by atomic mass is 9.90. The van der Waals surface area contributed by atoms with Gasteiger partial charge in [-0.05, 0) is 69.9 Å². The Hall–Kier alpha value is -3.68. The van der Waals surface area contributed by atoms with E-state index < -0.39 is 5.60 Å². The zero-order chi connectivity index (χ0) is 26.9. The van der Waals surface area contributed by atoms with Crippen LogP contribution in [0.15, 0.2) is 60.8 Å². The molecular formula is C30H35FN4O3. The predicted octanol–water partition coefficient (Wildman–Crippen LogP) is 5.76. The fourth-order valence-corrected chi connectivity index (χ4v) is 5.48. The van der Waals surface area contributed by atoms with Crippen LogP contribution in [0.4, 0.5) is 9.18 Å². The lowest BCUT2D eigenvalue weighted by molar-refractivity contribution is 0.0203. The first-order valence-electron chi connectivity index (χ1n) is 13.4. The van der Waals surface area contributed by atoms with Crippen LogP contribution in [0.25, 0.3) is 5.69 Å². The minimum Gasteiger partial charge on any atom is -0.444 e. The zero-order valence-electron chi connectivity index (χ0n) is 22.3. The highest BCUT2D eigenvalue weighted by Crippen LogP contribution is 2.35. The third kappa shape index (κ3) is 5.59. The van der Waals surface area contributed by atoms with E-state index in [4.69, 9.17) is 4.74 Å². The van der Waals surface area contributed by atoms with Gasteiger partial charge in [0.15, 0.2) is 0 Å². The third-order valence-corrected chi connectivity index (χ3v) is 7.39. The van der Waals surface area contributed by atoms with E-state index in [2.05, 4.69) is 17.2 Å². The molecule has 200 valence electrons. The smallest absolute Gasteiger partial charge is 0.410 e. The molecule has 8 heteroatoms. The molecule has 0 bridgehead atoms. The number of carbonyl (C=O) groups excluding carboxylic acids is 2. The maximum absolute atomic E-state index is 13.8. The lowest BCUT2D eigenvalue weighted by Crippen LogP contribution is -2.41. The lowest BCUT2D eigenvalue weighted by Gasteiger charge is -2.34. The molecule has 0 saturated carbocycles. The van der Waals surface area contributed by atoms with Crippen molar-refractivity contribution in [3.05, 3.63) is 83.4 Å². The summed E-state index contributed by atoms with van der Waals surface area (Å²) < 4.78 is 21.0. The van der Waals surface area contributed by atoms with Gasteiger partial charge in [0.25, 0.3) is 5.91 Å². The van der Waals surface area contributed by atoms with Gasteiger partial charge in [0, 0.05) is 38.0 Å². The molecule has 0 aliphatic carbocycles. The Balaban J connectivity index is 1.39. The molecule has 2 aromatic carbocycles. The Kier molecular flexibility index (Phi) is 7.23. The molecule has 2 saturated heterocycles. The van der Waals surface area contributed by atoms with Crippen molar-refractivity contribution in [3.8, 4) is 5.69 Å². The molecule has 2 amide bonds. The molecule has 0 radical (unpaired) electrons. The van der Waals surface area contributed by atoms with E-state index in [0.29, 0.717) is 56.2 Å². The summed E-state index contributed by atoms with van der Waals surface area (Å²) in [4.78, 5) is 30.1. The maximum Gasteiger partial charge on any atom is 0.410 e. The average Bonchev–Trinajstić information content (AvgIpc) is 3.57. The highest BCUT2D eigenvalue weighted by molar-refractivity contribution is 5.95. The summed E-state index contributed by atoms with van der Waals surface area (Å²) >= 11 is 0. The van der Waals surface area contributed by atoms with E-state index >= 15 is 0 Å². The largest absolute Gasteiger partial charge is 0.444 e. The van der Waals surface area contributed by atoms with Gasteiger partial charge >= 0.3 is 6.09 Å². The van der Waals surface area contributed by atoms with Crippen LogP contribution in [0.5, 0.6) is 0 Å². The highest BCUT2D eigenvalue weighted by atomic mass is 19.1. The Labute approximate surface area is 223 Å². The van der Waals surface area contributed by atoms with Crippen molar-refractivity contribution in [2.24, 2.45) is 0 Å². The van der Waals surface area contributed by atoms with Gasteiger partial charge in [0.2, 0.25) is 0 Å². The van der Waals surface area contributed by atoms with Crippen molar-refractivity contribution in [1.82, 2.24) is 19.6 Å². The molecule has 38 heavy (non-hydrogen) atoms. The topological polar surface area (TPSA) is 67.7 Å². The number of carbonyl (C=O) groups is 2. The minimum atomic E-state index is -0.554. The first kappa shape index (κ1) is 25.9. The van der Waals surface area contributed by atoms with Crippen molar-refractivity contribution in [1.29, 1.82) is 0 Å². The molecule has 2 aliphatic rings. The SMILES string of the molecule is CC(C)(C)OC(=O)N1CCC(c2c(C(=O)N3CCC(c4ccccc4)C3)cnn2-c2ccc(F)cc2)CC1. The molecule has 0 N–H and O–H groups in total. The van der Waals surface area contributed by atoms with Crippen molar-refractivity contribution in [2.75, 3.05) is 26.2 Å². The fraction of sp³-hybridized carbons (Fsp3) is 0.433. The number of rotatable bonds is 4. The van der Waals surface area contributed by atoms with Crippen molar-refractivity contribution < 1.29 is 18.7 Å². The van der Waals surface area contributed by atoms with E-state index in [-0.39, 0.29) is 23.7 Å². The molecular weight excluding hydrogens is 483 g/mol. The molecule has 1 aromatic heterocycles. The molecule has 3 aromatic rings. The Morgan fingerprint density at radius 1 is 0.895 bits per heavy atom. The second-order valence-corrected chi connectivity index (χ2v) is 11.2. The van der Waals surface area contributed by atoms with Gasteiger partial charge in [-0.25, -0.2) is 13.9 Å². The summed E-state index contributed by atoms with van der Waals surface area (Å²) in [6.07, 6.45) is 3.61. The second-order valence-electron chi connectivity index (χ2n) is 11.2. The Morgan fingerprint density at radius 3 is 2.18 bits per heavy atom. The van der Waals surface area contributed by atoms with E-state index in [1.54, 1.807) is 27.9 Å². The number of hydrogen-bond acceptors (Lipinski definition) is 4. The van der Waals surface area contributed by atoms with Crippen LogP contribution >= 0.6 is 0 Å². The number of piperidine rings is 1. The molecule has 2 aliphatic heterocycles. The summed E-state index contributed by atoms with van der Waals surface area (Å²) in [5, 5.41) is 4.61. The van der Waals surface area contributed by atoms with Gasteiger partial charge in [0.05, 0.1) is 23.1 Å². The summed E-state index contributed by atoms with van der Waals surface area (Å²) in [7, 11) is 0. The number of hydrogen-bond donors (Lipinski definition) is 0. The number of nitrogens with zero attached hydrogens (tertiary/aromatic N) is 4. The van der Waals surface area contributed by atoms with Gasteiger partial charge in [-0.1, -0.05) is 30.3 Å². The molecule has 2 fully saturated rings. The monoisotopic (exact) mass is 518 g/mol. The van der Waals surface area contributed by atoms with Crippen LogP contribution in [0.3, 0.4) is 0 Å². The standard InChI is InChI=1S/C30H35FN4O3/c1-30(2,3)38-29(37)33-16-13-22(14-17-33)27-26(19-32-35(27)25-11-9-24(31)10-12-25)28(36)34-18-15-23(20-34)21-7-5-4-6-8-21/h4-12,19,22-23H,13-18,20H2,1-3H3. The quantitative estimate of drug-likeness (QED) is 0.441. The molecule has 1 atom stereocenters. The van der Waals surface area contributed by atoms with E-state index in [0.717, 1.165) is 12.1 Å². The molecule has 7 nitrogen and oxygen atoms in total. The average molecular weight is 519 g/mol. The predicted molar refractivity (Wildman–Crippen MR) is 143 cm³/mol. The maximum atomic E-state index is 13.8. The molecule has 0 spiro atoms. The summed E-state index contributed by atoms with van der Waals surface area (Å²) in [5.74, 6) is -0.0182. The van der Waals surface area contributed by atoms with E-state index in [1.165, 1.54) is 17.7 Å². The van der Waals surface area contributed by atoms with Gasteiger partial charge < -0.3 is 14.5 Å². The number of amides is 2. The van der Waals surface area contributed by atoms with Crippen molar-refractivity contribution in [2.45, 2.75) is 57.5 Å². The molecule has 3 heterocycles. The van der Waals surface area contributed by atoms with Gasteiger partial charge in [-0.2, -0.15) is 5.10 Å². The van der Waals surface area contributed by atoms with Crippen LogP contribution in [-0.4, -0.2) is 63.4 Å². The number of ether oxygens (including phenoxy) is 1. The highest BCUT2D eigenvalue weighted by Gasteiger charge is 2.35. The van der Waals surface area contributed by atoms with E-state index in [1.807, 2.05) is 43.9 Å². The first-order chi connectivity index (χ1) is 18.2. The Bertz CT molecular complexity index is 1280. The number of likely N-dealkylation sites (tertiary alicyclic amines) is 2. The third-order valence-electron chi connectivity index (χ3n) is 7.39. The van der Waals surface area contributed by atoms with Gasteiger partial charge in [-0.15, -0.1) is 0 Å². The van der Waals surface area contributed by atoms with Crippen LogP contribution in [0, 0.1) is 5.82 Å². The molecule has 1 unspecified atom stereocenters. The van der Waals surface area contributed by atoms with Gasteiger partial charge in [0.1, 0.15) is 11.4 Å². The number of aromatic nitrogens is 2. The second kappa shape index (κ2) is 10.6. The number of benzene rings is 2.